The molecule has 28 heavy (non-hydrogen) atoms. The molecule has 4 rings (SSSR count). The Morgan fingerprint density at radius 1 is 1.11 bits per heavy atom. The van der Waals surface area contributed by atoms with E-state index in [1.54, 1.807) is 36.4 Å². The maximum Gasteiger partial charge on any atom is 0.212 e. The van der Waals surface area contributed by atoms with Gasteiger partial charge in [-0.15, -0.1) is 11.3 Å². The van der Waals surface area contributed by atoms with Crippen molar-refractivity contribution in [2.75, 3.05) is 17.7 Å². The highest BCUT2D eigenvalue weighted by Gasteiger charge is 2.41. The molecule has 0 amide bonds. The number of benzene rings is 2. The zero-order valence-electron chi connectivity index (χ0n) is 14.9. The molecule has 0 bridgehead atoms. The molecule has 1 unspecified atom stereocenters. The average molecular weight is 433 g/mol. The van der Waals surface area contributed by atoms with Crippen LogP contribution in [0, 0.1) is 0 Å². The molecule has 0 saturated carbocycles. The summed E-state index contributed by atoms with van der Waals surface area (Å²) in [6, 6.07) is 17.5. The van der Waals surface area contributed by atoms with Crippen LogP contribution < -0.4 is 4.90 Å². The van der Waals surface area contributed by atoms with Crippen molar-refractivity contribution >= 4 is 44.3 Å². The van der Waals surface area contributed by atoms with Gasteiger partial charge in [-0.2, -0.15) is 0 Å². The molecule has 1 aliphatic heterocycles. The first-order valence-electron chi connectivity index (χ1n) is 8.46. The van der Waals surface area contributed by atoms with E-state index in [1.807, 2.05) is 34.5 Å². The minimum atomic E-state index is -3.29. The zero-order chi connectivity index (χ0) is 19.9. The molecule has 3 aromatic rings. The summed E-state index contributed by atoms with van der Waals surface area (Å²) in [7, 11) is -3.29. The lowest BCUT2D eigenvalue weighted by molar-refractivity contribution is 0.0687. The van der Waals surface area contributed by atoms with Crippen LogP contribution in [0.4, 0.5) is 5.69 Å². The number of aliphatic imine (C=N–C) groups is 1. The fourth-order valence-corrected chi connectivity index (χ4v) is 4.63. The van der Waals surface area contributed by atoms with E-state index in [0.29, 0.717) is 10.9 Å². The highest BCUT2D eigenvalue weighted by Crippen LogP contribution is 2.37. The predicted octanol–water partition coefficient (Wildman–Crippen LogP) is 3.92. The second-order valence-corrected chi connectivity index (χ2v) is 9.99. The van der Waals surface area contributed by atoms with Crippen LogP contribution in [0.3, 0.4) is 0 Å². The second-order valence-electron chi connectivity index (χ2n) is 6.59. The first-order valence-corrected chi connectivity index (χ1v) is 11.6. The molecule has 0 spiro atoms. The fraction of sp³-hybridized carbons (Fsp3) is 0.150. The number of nitrogens with zero attached hydrogens (tertiary/aromatic N) is 2. The van der Waals surface area contributed by atoms with Crippen LogP contribution in [-0.2, 0) is 15.6 Å². The van der Waals surface area contributed by atoms with Crippen molar-refractivity contribution in [3.05, 3.63) is 81.5 Å². The molecule has 2 heterocycles. The van der Waals surface area contributed by atoms with Gasteiger partial charge in [-0.05, 0) is 60.0 Å². The molecule has 0 saturated heterocycles. The number of hydrogen-bond acceptors (Lipinski definition) is 6. The third kappa shape index (κ3) is 3.58. The molecular weight excluding hydrogens is 416 g/mol. The van der Waals surface area contributed by atoms with Crippen LogP contribution in [0.25, 0.3) is 0 Å². The van der Waals surface area contributed by atoms with E-state index >= 15 is 0 Å². The van der Waals surface area contributed by atoms with Crippen molar-refractivity contribution in [2.24, 2.45) is 4.99 Å². The Balaban J connectivity index is 1.80. The fourth-order valence-electron chi connectivity index (χ4n) is 3.11. The standard InChI is InChI=1S/C20H17ClN2O3S2/c1-28(25,26)17-10-4-14(5-11-17)19-22-20(24,18-3-2-12-27-18)13-23(19)16-8-6-15(21)7-9-16/h2-12,24H,13H2,1H3. The van der Waals surface area contributed by atoms with Gasteiger partial charge < -0.3 is 10.0 Å². The lowest BCUT2D eigenvalue weighted by atomic mass is 10.1. The third-order valence-electron chi connectivity index (χ3n) is 4.52. The topological polar surface area (TPSA) is 70.0 Å². The van der Waals surface area contributed by atoms with Gasteiger partial charge in [-0.25, -0.2) is 13.4 Å². The van der Waals surface area contributed by atoms with E-state index in [1.165, 1.54) is 17.6 Å². The van der Waals surface area contributed by atoms with Crippen molar-refractivity contribution in [2.45, 2.75) is 10.6 Å². The van der Waals surface area contributed by atoms with Gasteiger partial charge in [0.25, 0.3) is 0 Å². The quantitative estimate of drug-likeness (QED) is 0.678. The number of hydrogen-bond donors (Lipinski definition) is 1. The molecule has 8 heteroatoms. The number of rotatable bonds is 4. The average Bonchev–Trinajstić information content (AvgIpc) is 3.31. The van der Waals surface area contributed by atoms with Crippen LogP contribution in [0.2, 0.25) is 5.02 Å². The first-order chi connectivity index (χ1) is 13.3. The van der Waals surface area contributed by atoms with Gasteiger partial charge in [-0.1, -0.05) is 17.7 Å². The molecule has 1 aliphatic rings. The van der Waals surface area contributed by atoms with E-state index < -0.39 is 15.6 Å². The lowest BCUT2D eigenvalue weighted by Crippen LogP contribution is -2.34. The van der Waals surface area contributed by atoms with Gasteiger partial charge in [0.1, 0.15) is 5.84 Å². The van der Waals surface area contributed by atoms with Gasteiger partial charge in [0.05, 0.1) is 16.3 Å². The smallest absolute Gasteiger partial charge is 0.212 e. The molecule has 2 aromatic carbocycles. The molecule has 0 fully saturated rings. The van der Waals surface area contributed by atoms with Gasteiger partial charge in [0.2, 0.25) is 5.72 Å². The summed E-state index contributed by atoms with van der Waals surface area (Å²) in [6.07, 6.45) is 1.17. The van der Waals surface area contributed by atoms with Gasteiger partial charge in [0, 0.05) is 22.5 Å². The number of amidine groups is 1. The molecule has 1 N–H and O–H groups in total. The molecule has 5 nitrogen and oxygen atoms in total. The number of sulfone groups is 1. The Morgan fingerprint density at radius 2 is 1.79 bits per heavy atom. The van der Waals surface area contributed by atoms with Crippen molar-refractivity contribution in [1.29, 1.82) is 0 Å². The van der Waals surface area contributed by atoms with Gasteiger partial charge in [0.15, 0.2) is 9.84 Å². The zero-order valence-corrected chi connectivity index (χ0v) is 17.3. The van der Waals surface area contributed by atoms with E-state index in [2.05, 4.69) is 4.99 Å². The summed E-state index contributed by atoms with van der Waals surface area (Å²) in [5.74, 6) is 0.568. The lowest BCUT2D eigenvalue weighted by Gasteiger charge is -2.23. The van der Waals surface area contributed by atoms with E-state index in [4.69, 9.17) is 11.6 Å². The van der Waals surface area contributed by atoms with Gasteiger partial charge >= 0.3 is 0 Å². The van der Waals surface area contributed by atoms with Crippen LogP contribution >= 0.6 is 22.9 Å². The summed E-state index contributed by atoms with van der Waals surface area (Å²) < 4.78 is 23.5. The highest BCUT2D eigenvalue weighted by atomic mass is 35.5. The number of β-amino-alcohol motifs (C(OH)–C–C–N with tert-alkyl or cyclic N) is 1. The summed E-state index contributed by atoms with van der Waals surface area (Å²) >= 11 is 7.45. The Bertz CT molecular complexity index is 1130. The molecule has 144 valence electrons. The van der Waals surface area contributed by atoms with Crippen molar-refractivity contribution < 1.29 is 13.5 Å². The van der Waals surface area contributed by atoms with Crippen LogP contribution in [0.1, 0.15) is 10.4 Å². The summed E-state index contributed by atoms with van der Waals surface area (Å²) in [5.41, 5.74) is 0.177. The minimum absolute atomic E-state index is 0.237. The largest absolute Gasteiger partial charge is 0.363 e. The number of halogens is 1. The van der Waals surface area contributed by atoms with E-state index in [9.17, 15) is 13.5 Å². The maximum absolute atomic E-state index is 11.7. The molecule has 0 aliphatic carbocycles. The third-order valence-corrected chi connectivity index (χ3v) is 6.91. The van der Waals surface area contributed by atoms with Crippen molar-refractivity contribution in [1.82, 2.24) is 0 Å². The SMILES string of the molecule is CS(=O)(=O)c1ccc(C2=NC(O)(c3cccs3)CN2c2ccc(Cl)cc2)cc1. The normalized spacial score (nSPS) is 19.7. The van der Waals surface area contributed by atoms with E-state index in [-0.39, 0.29) is 11.4 Å². The van der Waals surface area contributed by atoms with E-state index in [0.717, 1.165) is 16.1 Å². The molecule has 1 aromatic heterocycles. The van der Waals surface area contributed by atoms with Crippen LogP contribution in [0.5, 0.6) is 0 Å². The van der Waals surface area contributed by atoms with Crippen LogP contribution in [0.15, 0.2) is 75.9 Å². The summed E-state index contributed by atoms with van der Waals surface area (Å²) in [5, 5.41) is 13.7. The summed E-state index contributed by atoms with van der Waals surface area (Å²) in [6.45, 7) is 0.248. The Hall–Kier alpha value is -2.19. The van der Waals surface area contributed by atoms with Crippen LogP contribution in [-0.4, -0.2) is 32.2 Å². The molecule has 1 atom stereocenters. The van der Waals surface area contributed by atoms with Gasteiger partial charge in [-0.3, -0.25) is 0 Å². The first kappa shape index (κ1) is 19.1. The van der Waals surface area contributed by atoms with Crippen molar-refractivity contribution in [3.8, 4) is 0 Å². The van der Waals surface area contributed by atoms with Crippen molar-refractivity contribution in [3.63, 3.8) is 0 Å². The Morgan fingerprint density at radius 3 is 2.36 bits per heavy atom. The summed E-state index contributed by atoms with van der Waals surface area (Å²) in [4.78, 5) is 7.52. The highest BCUT2D eigenvalue weighted by molar-refractivity contribution is 7.90. The Kier molecular flexibility index (Phi) is 4.79. The Labute approximate surface area is 172 Å². The maximum atomic E-state index is 11.7. The second kappa shape index (κ2) is 7.00. The number of anilines is 1. The number of thiophene rings is 1. The minimum Gasteiger partial charge on any atom is -0.363 e. The molecular formula is C20H17ClN2O3S2. The monoisotopic (exact) mass is 432 g/mol. The molecule has 0 radical (unpaired) electrons. The predicted molar refractivity (Wildman–Crippen MR) is 113 cm³/mol. The number of aliphatic hydroxyl groups is 1.